The van der Waals surface area contributed by atoms with Gasteiger partial charge in [-0.1, -0.05) is 12.8 Å². The van der Waals surface area contributed by atoms with E-state index in [1.165, 1.54) is 7.11 Å². The third-order valence-electron chi connectivity index (χ3n) is 3.68. The van der Waals surface area contributed by atoms with Crippen molar-refractivity contribution >= 4 is 11.6 Å². The number of hydrogen-bond acceptors (Lipinski definition) is 6. The van der Waals surface area contributed by atoms with E-state index in [0.29, 0.717) is 29.6 Å². The lowest BCUT2D eigenvalue weighted by Gasteiger charge is -2.19. The smallest absolute Gasteiger partial charge is 0.294 e. The number of nitrogens with zero attached hydrogens (tertiary/aromatic N) is 1. The molecule has 7 heteroatoms. The molecule has 0 saturated carbocycles. The van der Waals surface area contributed by atoms with Crippen molar-refractivity contribution in [2.24, 2.45) is 0 Å². The molecule has 0 aromatic rings. The van der Waals surface area contributed by atoms with Crippen LogP contribution in [0.25, 0.3) is 0 Å². The predicted octanol–water partition coefficient (Wildman–Crippen LogP) is 2.53. The molecule has 1 aliphatic carbocycles. The first-order chi connectivity index (χ1) is 10.4. The van der Waals surface area contributed by atoms with Crippen molar-refractivity contribution in [3.05, 3.63) is 32.6 Å². The topological polar surface area (TPSA) is 95.7 Å². The average molecular weight is 311 g/mol. The second kappa shape index (κ2) is 8.31. The maximum absolute atomic E-state index is 12.2. The summed E-state index contributed by atoms with van der Waals surface area (Å²) in [6.07, 6.45) is 3.47. The molecule has 0 saturated heterocycles. The molecule has 0 N–H and O–H groups in total. The van der Waals surface area contributed by atoms with Crippen LogP contribution in [0.2, 0.25) is 0 Å². The van der Waals surface area contributed by atoms with Crippen LogP contribution in [0.5, 0.6) is 0 Å². The summed E-state index contributed by atoms with van der Waals surface area (Å²) >= 11 is 0. The highest BCUT2D eigenvalue weighted by Gasteiger charge is 2.30. The number of rotatable bonds is 9. The quantitative estimate of drug-likeness (QED) is 0.281. The number of carbonyl (C=O) groups excluding carboxylic acids is 2. The maximum Gasteiger partial charge on any atom is 0.294 e. The van der Waals surface area contributed by atoms with Crippen LogP contribution in [0.1, 0.15) is 46.0 Å². The minimum atomic E-state index is -0.803. The van der Waals surface area contributed by atoms with E-state index in [1.54, 1.807) is 13.8 Å². The van der Waals surface area contributed by atoms with Gasteiger partial charge in [-0.3, -0.25) is 9.59 Å². The molecule has 1 aliphatic rings. The van der Waals surface area contributed by atoms with Crippen LogP contribution in [0.3, 0.4) is 0 Å². The average Bonchev–Trinajstić information content (AvgIpc) is 2.47. The number of carbonyl (C=O) groups is 2. The van der Waals surface area contributed by atoms with Crippen molar-refractivity contribution in [2.45, 2.75) is 46.0 Å². The fraction of sp³-hybridized carbons (Fsp3) is 0.600. The van der Waals surface area contributed by atoms with Gasteiger partial charge < -0.3 is 9.57 Å². The lowest BCUT2D eigenvalue weighted by molar-refractivity contribution is -0.757. The van der Waals surface area contributed by atoms with E-state index in [2.05, 4.69) is 4.84 Å². The Hall–Kier alpha value is -2.18. The lowest BCUT2D eigenvalue weighted by atomic mass is 9.86. The lowest BCUT2D eigenvalue weighted by Crippen LogP contribution is -2.22. The van der Waals surface area contributed by atoms with Gasteiger partial charge in [0, 0.05) is 16.7 Å². The van der Waals surface area contributed by atoms with Crippen LogP contribution in [0.15, 0.2) is 22.5 Å². The normalized spacial score (nSPS) is 15.4. The molecule has 0 radical (unpaired) electrons. The molecule has 7 nitrogen and oxygen atoms in total. The summed E-state index contributed by atoms with van der Waals surface area (Å²) in [4.78, 5) is 38.5. The van der Waals surface area contributed by atoms with E-state index in [0.717, 1.165) is 19.3 Å². The molecule has 0 aromatic carbocycles. The van der Waals surface area contributed by atoms with Crippen molar-refractivity contribution in [3.8, 4) is 0 Å². The minimum Gasteiger partial charge on any atom is -0.492 e. The molecule has 0 unspecified atom stereocenters. The largest absolute Gasteiger partial charge is 0.492 e. The predicted molar refractivity (Wildman–Crippen MR) is 78.5 cm³/mol. The van der Waals surface area contributed by atoms with Crippen molar-refractivity contribution in [3.63, 3.8) is 0 Å². The van der Waals surface area contributed by atoms with Gasteiger partial charge in [-0.2, -0.15) is 0 Å². The molecular formula is C15H21NO6. The maximum atomic E-state index is 12.2. The SMILES string of the molecule is COC1=C(C)C(=O)C(CCCCCCO[N+](=O)[O-])=C(C)C1=O. The molecule has 0 aliphatic heterocycles. The summed E-state index contributed by atoms with van der Waals surface area (Å²) in [7, 11) is 1.38. The summed E-state index contributed by atoms with van der Waals surface area (Å²) in [5.74, 6) is -0.234. The van der Waals surface area contributed by atoms with Crippen LogP contribution >= 0.6 is 0 Å². The molecule has 0 bridgehead atoms. The Balaban J connectivity index is 2.46. The van der Waals surface area contributed by atoms with Crippen molar-refractivity contribution < 1.29 is 24.3 Å². The Labute approximate surface area is 129 Å². The Morgan fingerprint density at radius 2 is 1.64 bits per heavy atom. The number of unbranched alkanes of at least 4 members (excludes halogenated alkanes) is 3. The Kier molecular flexibility index (Phi) is 6.75. The zero-order valence-corrected chi connectivity index (χ0v) is 13.1. The Bertz CT molecular complexity index is 532. The van der Waals surface area contributed by atoms with Gasteiger partial charge in [0.15, 0.2) is 11.5 Å². The molecular weight excluding hydrogens is 290 g/mol. The number of allylic oxidation sites excluding steroid dienone is 3. The monoisotopic (exact) mass is 311 g/mol. The summed E-state index contributed by atoms with van der Waals surface area (Å²) < 4.78 is 5.00. The zero-order chi connectivity index (χ0) is 16.7. The number of ether oxygens (including phenoxy) is 1. The highest BCUT2D eigenvalue weighted by molar-refractivity contribution is 6.23. The molecule has 0 aromatic heterocycles. The van der Waals surface area contributed by atoms with Crippen molar-refractivity contribution in [2.75, 3.05) is 13.7 Å². The van der Waals surface area contributed by atoms with Gasteiger partial charge in [0.25, 0.3) is 5.09 Å². The number of methoxy groups -OCH3 is 1. The Morgan fingerprint density at radius 3 is 2.23 bits per heavy atom. The van der Waals surface area contributed by atoms with Crippen LogP contribution in [-0.4, -0.2) is 30.4 Å². The van der Waals surface area contributed by atoms with Crippen LogP contribution in [0, 0.1) is 10.1 Å². The molecule has 1 rings (SSSR count). The second-order valence-electron chi connectivity index (χ2n) is 5.14. The van der Waals surface area contributed by atoms with Gasteiger partial charge in [0.2, 0.25) is 5.78 Å². The van der Waals surface area contributed by atoms with Gasteiger partial charge in [0.05, 0.1) is 13.7 Å². The highest BCUT2D eigenvalue weighted by Crippen LogP contribution is 2.28. The summed E-state index contributed by atoms with van der Waals surface area (Å²) in [6, 6.07) is 0. The van der Waals surface area contributed by atoms with E-state index >= 15 is 0 Å². The summed E-state index contributed by atoms with van der Waals surface area (Å²) in [5.41, 5.74) is 1.35. The number of Topliss-reactive ketones (excluding diaryl/α,β-unsaturated/α-hetero) is 2. The first kappa shape index (κ1) is 17.9. The minimum absolute atomic E-state index is 0.0885. The fourth-order valence-electron chi connectivity index (χ4n) is 2.42. The number of hydrogen-bond donors (Lipinski definition) is 0. The first-order valence-corrected chi connectivity index (χ1v) is 7.21. The molecule has 0 heterocycles. The third-order valence-corrected chi connectivity index (χ3v) is 3.68. The molecule has 22 heavy (non-hydrogen) atoms. The van der Waals surface area contributed by atoms with Gasteiger partial charge >= 0.3 is 0 Å². The highest BCUT2D eigenvalue weighted by atomic mass is 16.9. The molecule has 0 amide bonds. The number of ketones is 2. The van der Waals surface area contributed by atoms with Crippen LogP contribution in [-0.2, 0) is 19.2 Å². The van der Waals surface area contributed by atoms with E-state index < -0.39 is 5.09 Å². The molecule has 0 atom stereocenters. The van der Waals surface area contributed by atoms with Gasteiger partial charge in [-0.15, -0.1) is 10.1 Å². The van der Waals surface area contributed by atoms with E-state index in [9.17, 15) is 19.7 Å². The van der Waals surface area contributed by atoms with E-state index in [-0.39, 0.29) is 23.9 Å². The van der Waals surface area contributed by atoms with Gasteiger partial charge in [0.1, 0.15) is 0 Å². The van der Waals surface area contributed by atoms with Crippen molar-refractivity contribution in [1.82, 2.24) is 0 Å². The van der Waals surface area contributed by atoms with Crippen LogP contribution in [0.4, 0.5) is 0 Å². The summed E-state index contributed by atoms with van der Waals surface area (Å²) in [6.45, 7) is 3.33. The van der Waals surface area contributed by atoms with Crippen LogP contribution < -0.4 is 0 Å². The first-order valence-electron chi connectivity index (χ1n) is 7.21. The molecule has 0 fully saturated rings. The third kappa shape index (κ3) is 4.41. The van der Waals surface area contributed by atoms with Gasteiger partial charge in [-0.05, 0) is 33.1 Å². The fourth-order valence-corrected chi connectivity index (χ4v) is 2.42. The van der Waals surface area contributed by atoms with E-state index in [1.807, 2.05) is 0 Å². The van der Waals surface area contributed by atoms with Crippen molar-refractivity contribution in [1.29, 1.82) is 0 Å². The zero-order valence-electron chi connectivity index (χ0n) is 13.1. The van der Waals surface area contributed by atoms with E-state index in [4.69, 9.17) is 4.74 Å². The summed E-state index contributed by atoms with van der Waals surface area (Å²) in [5, 5.41) is 9.17. The molecule has 0 spiro atoms. The van der Waals surface area contributed by atoms with Gasteiger partial charge in [-0.25, -0.2) is 0 Å². The molecule has 122 valence electrons. The Morgan fingerprint density at radius 1 is 1.00 bits per heavy atom. The second-order valence-corrected chi connectivity index (χ2v) is 5.14. The standard InChI is InChI=1S/C15H21NO6/c1-10-12(8-6-4-5-7-9-22-16(19)20)13(17)11(2)15(21-3)14(10)18/h4-9H2,1-3H3.